The van der Waals surface area contributed by atoms with Crippen LogP contribution in [0.15, 0.2) is 231 Å². The highest BCUT2D eigenvalue weighted by Crippen LogP contribution is 2.56. The molecule has 328 valence electrons. The molecule has 8 aromatic carbocycles. The molecule has 0 saturated heterocycles. The van der Waals surface area contributed by atoms with E-state index in [1.54, 1.807) is 0 Å². The van der Waals surface area contributed by atoms with Gasteiger partial charge in [0.2, 0.25) is 0 Å². The van der Waals surface area contributed by atoms with E-state index in [9.17, 15) is 0 Å². The second-order valence-corrected chi connectivity index (χ2v) is 18.1. The van der Waals surface area contributed by atoms with E-state index in [2.05, 4.69) is 266 Å². The van der Waals surface area contributed by atoms with Gasteiger partial charge in [-0.3, -0.25) is 0 Å². The van der Waals surface area contributed by atoms with Gasteiger partial charge in [0.1, 0.15) is 0 Å². The molecule has 8 aromatic rings. The van der Waals surface area contributed by atoms with E-state index in [1.807, 2.05) is 0 Å². The Morgan fingerprint density at radius 1 is 0.463 bits per heavy atom. The fourth-order valence-corrected chi connectivity index (χ4v) is 10.2. The molecule has 1 heterocycles. The number of hydrogen-bond donors (Lipinski definition) is 0. The maximum Gasteiger partial charge on any atom is 0.0524 e. The molecule has 0 bridgehead atoms. The van der Waals surface area contributed by atoms with Gasteiger partial charge < -0.3 is 9.80 Å². The molecule has 67 heavy (non-hydrogen) atoms. The molecular formula is C65H58N2. The van der Waals surface area contributed by atoms with Gasteiger partial charge in [-0.2, -0.15) is 0 Å². The minimum Gasteiger partial charge on any atom is -0.337 e. The van der Waals surface area contributed by atoms with Crippen LogP contribution in [0.3, 0.4) is 0 Å². The largest absolute Gasteiger partial charge is 0.337 e. The first-order valence-electron chi connectivity index (χ1n) is 24.1. The highest BCUT2D eigenvalue weighted by atomic mass is 15.2. The van der Waals surface area contributed by atoms with Crippen LogP contribution in [-0.2, 0) is 0 Å². The number of rotatable bonds is 12. The van der Waals surface area contributed by atoms with Gasteiger partial charge in [-0.1, -0.05) is 225 Å². The van der Waals surface area contributed by atoms with Crippen molar-refractivity contribution in [3.63, 3.8) is 0 Å². The zero-order valence-corrected chi connectivity index (χ0v) is 38.7. The molecule has 1 fully saturated rings. The highest BCUT2D eigenvalue weighted by molar-refractivity contribution is 5.89. The predicted molar refractivity (Wildman–Crippen MR) is 287 cm³/mol. The Labute approximate surface area is 398 Å². The summed E-state index contributed by atoms with van der Waals surface area (Å²) >= 11 is 0. The molecule has 0 amide bonds. The molecule has 2 heteroatoms. The first kappa shape index (κ1) is 43.2. The van der Waals surface area contributed by atoms with Crippen LogP contribution in [0, 0.1) is 13.8 Å². The van der Waals surface area contributed by atoms with Crippen molar-refractivity contribution in [2.45, 2.75) is 57.9 Å². The molecule has 0 spiro atoms. The standard InChI is InChI=1S/C65H58N2/c1-48-34-40-54(41-35-48)60(55-42-36-49(2)37-43-55)31-18-20-50-38-44-58(45-39-50)67-62-33-17-7-16-30-61(62)65-63(66(56-26-12-5-13-27-56)57-28-14-6-15-29-57)46-51(47-64(65)67)21-19-32-59(52-22-8-3-9-23-52)53-24-10-4-11-25-53/h3-6,8-15,18-29,31-32,34-47,61-62H,7,16-17,30,33H2,1-2H3. The number of hydrogen-bond acceptors (Lipinski definition) is 2. The van der Waals surface area contributed by atoms with Crippen molar-refractivity contribution in [2.75, 3.05) is 9.80 Å². The van der Waals surface area contributed by atoms with Crippen LogP contribution in [0.5, 0.6) is 0 Å². The Balaban J connectivity index is 1.08. The lowest BCUT2D eigenvalue weighted by Crippen LogP contribution is -2.29. The zero-order chi connectivity index (χ0) is 45.4. The molecule has 2 unspecified atom stereocenters. The van der Waals surface area contributed by atoms with Crippen molar-refractivity contribution in [3.8, 4) is 0 Å². The fraction of sp³-hybridized carbons (Fsp3) is 0.138. The fourth-order valence-electron chi connectivity index (χ4n) is 10.2. The van der Waals surface area contributed by atoms with Crippen LogP contribution in [0.1, 0.15) is 88.1 Å². The molecule has 0 N–H and O–H groups in total. The number of aryl methyl sites for hydroxylation is 2. The summed E-state index contributed by atoms with van der Waals surface area (Å²) in [6.07, 6.45) is 19.6. The molecular weight excluding hydrogens is 809 g/mol. The lowest BCUT2D eigenvalue weighted by Gasteiger charge is -2.30. The van der Waals surface area contributed by atoms with E-state index in [0.717, 1.165) is 17.8 Å². The Morgan fingerprint density at radius 2 is 0.925 bits per heavy atom. The second kappa shape index (κ2) is 20.2. The van der Waals surface area contributed by atoms with Gasteiger partial charge in [0.15, 0.2) is 0 Å². The van der Waals surface area contributed by atoms with Crippen molar-refractivity contribution in [3.05, 3.63) is 281 Å². The van der Waals surface area contributed by atoms with E-state index in [1.165, 1.54) is 104 Å². The number of anilines is 5. The molecule has 1 aliphatic carbocycles. The van der Waals surface area contributed by atoms with Gasteiger partial charge in [-0.15, -0.1) is 0 Å². The maximum atomic E-state index is 2.70. The lowest BCUT2D eigenvalue weighted by molar-refractivity contribution is 0.529. The molecule has 2 nitrogen and oxygen atoms in total. The van der Waals surface area contributed by atoms with E-state index >= 15 is 0 Å². The van der Waals surface area contributed by atoms with Gasteiger partial charge in [-0.05, 0) is 120 Å². The van der Waals surface area contributed by atoms with E-state index in [0.29, 0.717) is 12.0 Å². The third-order valence-corrected chi connectivity index (χ3v) is 13.5. The van der Waals surface area contributed by atoms with Crippen molar-refractivity contribution in [1.29, 1.82) is 0 Å². The van der Waals surface area contributed by atoms with Gasteiger partial charge in [-0.25, -0.2) is 0 Å². The minimum absolute atomic E-state index is 0.363. The highest BCUT2D eigenvalue weighted by Gasteiger charge is 2.42. The summed E-state index contributed by atoms with van der Waals surface area (Å²) in [5.41, 5.74) is 19.7. The first-order valence-corrected chi connectivity index (χ1v) is 24.1. The van der Waals surface area contributed by atoms with Crippen LogP contribution in [0.25, 0.3) is 23.3 Å². The number of fused-ring (bicyclic) bond motifs is 3. The Bertz CT molecular complexity index is 2890. The smallest absolute Gasteiger partial charge is 0.0524 e. The van der Waals surface area contributed by atoms with Gasteiger partial charge in [0.25, 0.3) is 0 Å². The Kier molecular flexibility index (Phi) is 13.1. The Morgan fingerprint density at radius 3 is 1.45 bits per heavy atom. The number of benzene rings is 8. The monoisotopic (exact) mass is 866 g/mol. The number of nitrogens with zero attached hydrogens (tertiary/aromatic N) is 2. The third-order valence-electron chi connectivity index (χ3n) is 13.5. The molecule has 0 aromatic heterocycles. The van der Waals surface area contributed by atoms with E-state index in [-0.39, 0.29) is 0 Å². The molecule has 1 aliphatic heterocycles. The van der Waals surface area contributed by atoms with Crippen LogP contribution >= 0.6 is 0 Å². The van der Waals surface area contributed by atoms with Crippen molar-refractivity contribution in [1.82, 2.24) is 0 Å². The van der Waals surface area contributed by atoms with Crippen LogP contribution in [0.4, 0.5) is 28.4 Å². The Hall–Kier alpha value is -7.68. The predicted octanol–water partition coefficient (Wildman–Crippen LogP) is 17.6. The maximum absolute atomic E-state index is 2.70. The minimum atomic E-state index is 0.363. The summed E-state index contributed by atoms with van der Waals surface area (Å²) in [6, 6.07) is 75.6. The summed E-state index contributed by atoms with van der Waals surface area (Å²) in [5.74, 6) is 0.398. The second-order valence-electron chi connectivity index (χ2n) is 18.1. The lowest BCUT2D eigenvalue weighted by atomic mass is 9.88. The van der Waals surface area contributed by atoms with Gasteiger partial charge in [0.05, 0.1) is 5.69 Å². The summed E-state index contributed by atoms with van der Waals surface area (Å²) < 4.78 is 0. The van der Waals surface area contributed by atoms with Crippen LogP contribution in [-0.4, -0.2) is 6.04 Å². The number of para-hydroxylation sites is 2. The summed E-state index contributed by atoms with van der Waals surface area (Å²) in [7, 11) is 0. The molecule has 0 radical (unpaired) electrons. The van der Waals surface area contributed by atoms with E-state index < -0.39 is 0 Å². The van der Waals surface area contributed by atoms with Gasteiger partial charge >= 0.3 is 0 Å². The molecule has 10 rings (SSSR count). The molecule has 2 aliphatic rings. The third kappa shape index (κ3) is 9.67. The topological polar surface area (TPSA) is 6.48 Å². The SMILES string of the molecule is Cc1ccc(C(=CC=Cc2ccc(N3c4cc(C=CC=C(c5ccccc5)c5ccccc5)cc(N(c5ccccc5)c5ccccc5)c4C4CCCCCC43)cc2)c2ccc(C)cc2)cc1. The summed E-state index contributed by atoms with van der Waals surface area (Å²) in [5, 5.41) is 0. The zero-order valence-electron chi connectivity index (χ0n) is 38.7. The number of allylic oxidation sites excluding steroid dienone is 4. The quantitative estimate of drug-likeness (QED) is 0.113. The van der Waals surface area contributed by atoms with E-state index in [4.69, 9.17) is 0 Å². The van der Waals surface area contributed by atoms with Crippen molar-refractivity contribution < 1.29 is 0 Å². The molecule has 2 atom stereocenters. The average molecular weight is 867 g/mol. The summed E-state index contributed by atoms with van der Waals surface area (Å²) in [4.78, 5) is 5.20. The summed E-state index contributed by atoms with van der Waals surface area (Å²) in [6.45, 7) is 4.29. The first-order chi connectivity index (χ1) is 33.1. The van der Waals surface area contributed by atoms with Crippen molar-refractivity contribution in [2.24, 2.45) is 0 Å². The van der Waals surface area contributed by atoms with Gasteiger partial charge in [0, 0.05) is 40.3 Å². The normalized spacial score (nSPS) is 15.5. The van der Waals surface area contributed by atoms with Crippen LogP contribution in [0.2, 0.25) is 0 Å². The van der Waals surface area contributed by atoms with Crippen LogP contribution < -0.4 is 9.80 Å². The average Bonchev–Trinajstić information content (AvgIpc) is 3.49. The molecule has 1 saturated carbocycles. The van der Waals surface area contributed by atoms with Crippen molar-refractivity contribution >= 4 is 51.7 Å².